The standard InChI is InChI=1S/C31H48NO3/c1-6-9-10-11-12-16-21-27-22-17-18-23-30(27)35-28(7-2)25-34-31(33)29(8-3)32(4,5)24-26-19-14-13-15-20-26/h13-15,17-20,22-23,28-29H,6-12,16,21,24-25H2,1-5H3/q+1. The first-order valence-corrected chi connectivity index (χ1v) is 13.7. The second kappa shape index (κ2) is 15.6. The van der Waals surface area contributed by atoms with E-state index in [1.54, 1.807) is 0 Å². The molecule has 0 aliphatic carbocycles. The highest BCUT2D eigenvalue weighted by atomic mass is 16.6. The summed E-state index contributed by atoms with van der Waals surface area (Å²) in [4.78, 5) is 13.1. The van der Waals surface area contributed by atoms with Gasteiger partial charge in [-0.15, -0.1) is 0 Å². The molecule has 4 heteroatoms. The third kappa shape index (κ3) is 10.0. The largest absolute Gasteiger partial charge is 0.487 e. The van der Waals surface area contributed by atoms with Crippen LogP contribution in [0.15, 0.2) is 54.6 Å². The maximum absolute atomic E-state index is 13.1. The topological polar surface area (TPSA) is 35.5 Å². The van der Waals surface area contributed by atoms with Crippen molar-refractivity contribution in [2.45, 2.75) is 97.2 Å². The molecule has 2 atom stereocenters. The number of likely N-dealkylation sites (N-methyl/N-ethyl adjacent to an activating group) is 1. The van der Waals surface area contributed by atoms with E-state index in [2.05, 4.69) is 59.1 Å². The number of hydrogen-bond acceptors (Lipinski definition) is 3. The molecule has 0 radical (unpaired) electrons. The number of aryl methyl sites for hydroxylation is 1. The average molecular weight is 483 g/mol. The number of unbranched alkanes of at least 4 members (excludes halogenated alkanes) is 5. The zero-order valence-electron chi connectivity index (χ0n) is 22.8. The number of rotatable bonds is 17. The molecule has 0 aliphatic heterocycles. The normalized spacial score (nSPS) is 13.3. The Morgan fingerprint density at radius 2 is 1.49 bits per heavy atom. The molecular weight excluding hydrogens is 434 g/mol. The average Bonchev–Trinajstić information content (AvgIpc) is 2.85. The van der Waals surface area contributed by atoms with Gasteiger partial charge in [-0.25, -0.2) is 4.79 Å². The molecule has 0 fully saturated rings. The highest BCUT2D eigenvalue weighted by Gasteiger charge is 2.35. The number of para-hydroxylation sites is 1. The van der Waals surface area contributed by atoms with Crippen LogP contribution in [-0.4, -0.2) is 43.3 Å². The van der Waals surface area contributed by atoms with Gasteiger partial charge in [-0.05, 0) is 30.9 Å². The molecule has 0 heterocycles. The van der Waals surface area contributed by atoms with Crippen molar-refractivity contribution in [3.05, 3.63) is 65.7 Å². The third-order valence-corrected chi connectivity index (χ3v) is 6.87. The summed E-state index contributed by atoms with van der Waals surface area (Å²) in [5, 5.41) is 0. The Kier molecular flexibility index (Phi) is 12.9. The number of nitrogens with zero attached hydrogens (tertiary/aromatic N) is 1. The lowest BCUT2D eigenvalue weighted by molar-refractivity contribution is -0.919. The van der Waals surface area contributed by atoms with Crippen molar-refractivity contribution >= 4 is 5.97 Å². The summed E-state index contributed by atoms with van der Waals surface area (Å²) >= 11 is 0. The zero-order chi connectivity index (χ0) is 25.5. The van der Waals surface area contributed by atoms with E-state index in [4.69, 9.17) is 9.47 Å². The lowest BCUT2D eigenvalue weighted by Crippen LogP contribution is -2.52. The van der Waals surface area contributed by atoms with Gasteiger partial charge in [-0.2, -0.15) is 0 Å². The molecule has 2 aromatic rings. The predicted octanol–water partition coefficient (Wildman–Crippen LogP) is 7.35. The second-order valence-corrected chi connectivity index (χ2v) is 10.3. The van der Waals surface area contributed by atoms with Crippen molar-refractivity contribution in [2.75, 3.05) is 20.7 Å². The molecule has 4 nitrogen and oxygen atoms in total. The van der Waals surface area contributed by atoms with Gasteiger partial charge in [0.1, 0.15) is 25.0 Å². The van der Waals surface area contributed by atoms with Gasteiger partial charge >= 0.3 is 5.97 Å². The van der Waals surface area contributed by atoms with Gasteiger partial charge in [0.2, 0.25) is 0 Å². The van der Waals surface area contributed by atoms with Crippen LogP contribution in [0.3, 0.4) is 0 Å². The number of benzene rings is 2. The van der Waals surface area contributed by atoms with Crippen LogP contribution < -0.4 is 4.74 Å². The number of quaternary nitrogens is 1. The fraction of sp³-hybridized carbons (Fsp3) is 0.581. The van der Waals surface area contributed by atoms with Crippen LogP contribution in [0.5, 0.6) is 5.75 Å². The molecule has 0 bridgehead atoms. The smallest absolute Gasteiger partial charge is 0.365 e. The van der Waals surface area contributed by atoms with Crippen LogP contribution >= 0.6 is 0 Å². The molecule has 194 valence electrons. The van der Waals surface area contributed by atoms with E-state index in [0.717, 1.165) is 31.6 Å². The Balaban J connectivity index is 1.91. The van der Waals surface area contributed by atoms with E-state index in [1.807, 2.05) is 30.3 Å². The molecule has 2 rings (SSSR count). The monoisotopic (exact) mass is 482 g/mol. The van der Waals surface area contributed by atoms with Crippen LogP contribution in [0.2, 0.25) is 0 Å². The minimum absolute atomic E-state index is 0.143. The summed E-state index contributed by atoms with van der Waals surface area (Å²) in [5.74, 6) is 0.784. The van der Waals surface area contributed by atoms with Gasteiger partial charge in [0.15, 0.2) is 6.04 Å². The van der Waals surface area contributed by atoms with Crippen molar-refractivity contribution in [1.82, 2.24) is 0 Å². The number of carbonyl (C=O) groups excluding carboxylic acids is 1. The summed E-state index contributed by atoms with van der Waals surface area (Å²) in [6.07, 6.45) is 10.1. The Bertz CT molecular complexity index is 849. The van der Waals surface area contributed by atoms with Crippen molar-refractivity contribution in [2.24, 2.45) is 0 Å². The predicted molar refractivity (Wildman–Crippen MR) is 146 cm³/mol. The van der Waals surface area contributed by atoms with E-state index < -0.39 is 0 Å². The summed E-state index contributed by atoms with van der Waals surface area (Å²) in [5.41, 5.74) is 2.47. The van der Waals surface area contributed by atoms with Gasteiger partial charge in [0.25, 0.3) is 0 Å². The Morgan fingerprint density at radius 3 is 2.17 bits per heavy atom. The molecule has 35 heavy (non-hydrogen) atoms. The van der Waals surface area contributed by atoms with Crippen LogP contribution in [-0.2, 0) is 22.5 Å². The molecule has 0 saturated carbocycles. The Morgan fingerprint density at radius 1 is 0.829 bits per heavy atom. The van der Waals surface area contributed by atoms with Crippen LogP contribution in [0.25, 0.3) is 0 Å². The number of carbonyl (C=O) groups is 1. The minimum atomic E-state index is -0.215. The first-order chi connectivity index (χ1) is 16.9. The van der Waals surface area contributed by atoms with E-state index >= 15 is 0 Å². The lowest BCUT2D eigenvalue weighted by atomic mass is 10.0. The van der Waals surface area contributed by atoms with E-state index in [0.29, 0.717) is 4.48 Å². The molecule has 0 amide bonds. The highest BCUT2D eigenvalue weighted by Crippen LogP contribution is 2.23. The van der Waals surface area contributed by atoms with Crippen molar-refractivity contribution in [3.63, 3.8) is 0 Å². The van der Waals surface area contributed by atoms with E-state index in [-0.39, 0.29) is 24.7 Å². The molecular formula is C31H48NO3+. The second-order valence-electron chi connectivity index (χ2n) is 10.3. The highest BCUT2D eigenvalue weighted by molar-refractivity contribution is 5.74. The maximum atomic E-state index is 13.1. The molecule has 0 spiro atoms. The summed E-state index contributed by atoms with van der Waals surface area (Å²) in [6, 6.07) is 18.4. The van der Waals surface area contributed by atoms with Gasteiger partial charge in [0.05, 0.1) is 14.1 Å². The van der Waals surface area contributed by atoms with E-state index in [9.17, 15) is 4.79 Å². The fourth-order valence-electron chi connectivity index (χ4n) is 4.72. The van der Waals surface area contributed by atoms with Crippen LogP contribution in [0, 0.1) is 0 Å². The maximum Gasteiger partial charge on any atom is 0.365 e. The number of ether oxygens (including phenoxy) is 2. The number of hydrogen-bond donors (Lipinski definition) is 0. The molecule has 0 aromatic heterocycles. The molecule has 0 aliphatic rings. The van der Waals surface area contributed by atoms with Gasteiger partial charge < -0.3 is 14.0 Å². The minimum Gasteiger partial charge on any atom is -0.487 e. The van der Waals surface area contributed by atoms with Gasteiger partial charge in [-0.3, -0.25) is 0 Å². The Labute approximate surface area is 214 Å². The first kappa shape index (κ1) is 28.9. The van der Waals surface area contributed by atoms with Crippen molar-refractivity contribution < 1.29 is 18.8 Å². The number of esters is 1. The molecule has 2 unspecified atom stereocenters. The van der Waals surface area contributed by atoms with Gasteiger partial charge in [0, 0.05) is 12.0 Å². The van der Waals surface area contributed by atoms with Gasteiger partial charge in [-0.1, -0.05) is 101 Å². The molecule has 0 saturated heterocycles. The summed E-state index contributed by atoms with van der Waals surface area (Å²) in [6.45, 7) is 7.46. The molecule has 2 aromatic carbocycles. The Hall–Kier alpha value is -2.33. The molecule has 0 N–H and O–H groups in total. The zero-order valence-corrected chi connectivity index (χ0v) is 22.8. The van der Waals surface area contributed by atoms with E-state index in [1.165, 1.54) is 49.7 Å². The third-order valence-electron chi connectivity index (χ3n) is 6.87. The van der Waals surface area contributed by atoms with Crippen LogP contribution in [0.1, 0.15) is 83.3 Å². The SMILES string of the molecule is CCCCCCCCc1ccccc1OC(CC)COC(=O)C(CC)[N+](C)(C)Cc1ccccc1. The van der Waals surface area contributed by atoms with Crippen LogP contribution in [0.4, 0.5) is 0 Å². The summed E-state index contributed by atoms with van der Waals surface area (Å²) in [7, 11) is 4.21. The summed E-state index contributed by atoms with van der Waals surface area (Å²) < 4.78 is 12.8. The first-order valence-electron chi connectivity index (χ1n) is 13.7. The lowest BCUT2D eigenvalue weighted by Gasteiger charge is -2.36. The fourth-order valence-corrected chi connectivity index (χ4v) is 4.72. The van der Waals surface area contributed by atoms with Crippen molar-refractivity contribution in [3.8, 4) is 5.75 Å². The van der Waals surface area contributed by atoms with Crippen molar-refractivity contribution in [1.29, 1.82) is 0 Å². The quantitative estimate of drug-likeness (QED) is 0.134.